The molecule has 7 heteroatoms. The van der Waals surface area contributed by atoms with Crippen LogP contribution in [-0.2, 0) is 0 Å². The summed E-state index contributed by atoms with van der Waals surface area (Å²) >= 11 is 5.83. The van der Waals surface area contributed by atoms with Gasteiger partial charge in [-0.2, -0.15) is 0 Å². The summed E-state index contributed by atoms with van der Waals surface area (Å²) in [6, 6.07) is 4.74. The molecule has 3 rings (SSSR count). The van der Waals surface area contributed by atoms with Crippen LogP contribution in [-0.4, -0.2) is 24.6 Å². The Labute approximate surface area is 125 Å². The van der Waals surface area contributed by atoms with E-state index < -0.39 is 6.36 Å². The summed E-state index contributed by atoms with van der Waals surface area (Å²) in [5, 5.41) is 3.64. The van der Waals surface area contributed by atoms with Gasteiger partial charge in [-0.3, -0.25) is 0 Å². The number of ether oxygens (including phenoxy) is 2. The van der Waals surface area contributed by atoms with Crippen LogP contribution in [0.1, 0.15) is 25.7 Å². The molecule has 0 aliphatic carbocycles. The van der Waals surface area contributed by atoms with E-state index in [4.69, 9.17) is 16.3 Å². The second-order valence-electron chi connectivity index (χ2n) is 5.52. The first-order chi connectivity index (χ1) is 9.87. The summed E-state index contributed by atoms with van der Waals surface area (Å²) in [6.07, 6.45) is -0.765. The highest BCUT2D eigenvalue weighted by Crippen LogP contribution is 2.33. The lowest BCUT2D eigenvalue weighted by atomic mass is 10.0. The Morgan fingerprint density at radius 3 is 2.29 bits per heavy atom. The summed E-state index contributed by atoms with van der Waals surface area (Å²) in [5.74, 6) is -0.0463. The predicted octanol–water partition coefficient (Wildman–Crippen LogP) is 3.90. The van der Waals surface area contributed by atoms with E-state index in [1.54, 1.807) is 0 Å². The van der Waals surface area contributed by atoms with Crippen molar-refractivity contribution in [3.63, 3.8) is 0 Å². The van der Waals surface area contributed by atoms with Crippen molar-refractivity contribution in [1.82, 2.24) is 5.32 Å². The minimum atomic E-state index is -4.74. The van der Waals surface area contributed by atoms with E-state index in [-0.39, 0.29) is 16.9 Å². The first kappa shape index (κ1) is 14.8. The van der Waals surface area contributed by atoms with Crippen molar-refractivity contribution in [2.45, 2.75) is 50.2 Å². The lowest BCUT2D eigenvalue weighted by Gasteiger charge is -2.29. The maximum absolute atomic E-state index is 12.3. The number of nitrogens with one attached hydrogen (secondary N) is 1. The SMILES string of the molecule is FC(F)(F)Oc1cc(Cl)cc(OC2C[C@H]3CC[C@@H](C2)N3)c1. The van der Waals surface area contributed by atoms with Crippen LogP contribution in [0.2, 0.25) is 5.02 Å². The molecular weight excluding hydrogens is 307 g/mol. The van der Waals surface area contributed by atoms with Crippen LogP contribution < -0.4 is 14.8 Å². The number of halogens is 4. The molecule has 1 unspecified atom stereocenters. The Morgan fingerprint density at radius 2 is 1.67 bits per heavy atom. The van der Waals surface area contributed by atoms with E-state index in [9.17, 15) is 13.2 Å². The highest BCUT2D eigenvalue weighted by molar-refractivity contribution is 6.30. The van der Waals surface area contributed by atoms with Crippen molar-refractivity contribution in [2.75, 3.05) is 0 Å². The molecule has 2 fully saturated rings. The Morgan fingerprint density at radius 1 is 1.05 bits per heavy atom. The van der Waals surface area contributed by atoms with Gasteiger partial charge in [-0.25, -0.2) is 0 Å². The molecule has 3 atom stereocenters. The van der Waals surface area contributed by atoms with E-state index in [0.717, 1.165) is 31.7 Å². The number of fused-ring (bicyclic) bond motifs is 2. The zero-order valence-corrected chi connectivity index (χ0v) is 11.9. The van der Waals surface area contributed by atoms with Crippen molar-refractivity contribution in [2.24, 2.45) is 0 Å². The van der Waals surface area contributed by atoms with E-state index in [1.165, 1.54) is 12.1 Å². The molecule has 2 aliphatic rings. The molecule has 21 heavy (non-hydrogen) atoms. The molecule has 1 aromatic carbocycles. The highest BCUT2D eigenvalue weighted by Gasteiger charge is 2.35. The van der Waals surface area contributed by atoms with E-state index in [0.29, 0.717) is 17.8 Å². The van der Waals surface area contributed by atoms with Gasteiger partial charge >= 0.3 is 6.36 Å². The summed E-state index contributed by atoms with van der Waals surface area (Å²) < 4.78 is 46.5. The number of benzene rings is 1. The second-order valence-corrected chi connectivity index (χ2v) is 5.96. The van der Waals surface area contributed by atoms with Crippen LogP contribution in [0.4, 0.5) is 13.2 Å². The van der Waals surface area contributed by atoms with Gasteiger partial charge in [0, 0.05) is 23.2 Å². The molecule has 2 bridgehead atoms. The van der Waals surface area contributed by atoms with Crippen molar-refractivity contribution in [1.29, 1.82) is 0 Å². The lowest BCUT2D eigenvalue weighted by molar-refractivity contribution is -0.274. The largest absolute Gasteiger partial charge is 0.573 e. The van der Waals surface area contributed by atoms with Crippen molar-refractivity contribution < 1.29 is 22.6 Å². The van der Waals surface area contributed by atoms with Crippen molar-refractivity contribution in [3.8, 4) is 11.5 Å². The smallest absolute Gasteiger partial charge is 0.490 e. The van der Waals surface area contributed by atoms with Crippen LogP contribution >= 0.6 is 11.6 Å². The molecule has 2 aliphatic heterocycles. The molecule has 0 amide bonds. The second kappa shape index (κ2) is 5.57. The molecular formula is C14H15ClF3NO2. The van der Waals surface area contributed by atoms with Gasteiger partial charge in [0.15, 0.2) is 0 Å². The van der Waals surface area contributed by atoms with Gasteiger partial charge < -0.3 is 14.8 Å². The fourth-order valence-corrected chi connectivity index (χ4v) is 3.31. The van der Waals surface area contributed by atoms with E-state index in [1.807, 2.05) is 0 Å². The fraction of sp³-hybridized carbons (Fsp3) is 0.571. The maximum Gasteiger partial charge on any atom is 0.573 e. The molecule has 1 aromatic rings. The number of rotatable bonds is 3. The molecule has 3 nitrogen and oxygen atoms in total. The Balaban J connectivity index is 1.70. The number of hydrogen-bond acceptors (Lipinski definition) is 3. The summed E-state index contributed by atoms with van der Waals surface area (Å²) in [5.41, 5.74) is 0. The third-order valence-corrected chi connectivity index (χ3v) is 4.03. The van der Waals surface area contributed by atoms with Crippen LogP contribution in [0.5, 0.6) is 11.5 Å². The lowest BCUT2D eigenvalue weighted by Crippen LogP contribution is -2.42. The molecule has 0 aromatic heterocycles. The third kappa shape index (κ3) is 3.95. The molecule has 2 saturated heterocycles. The van der Waals surface area contributed by atoms with E-state index in [2.05, 4.69) is 10.1 Å². The maximum atomic E-state index is 12.3. The molecule has 0 spiro atoms. The first-order valence-electron chi connectivity index (χ1n) is 6.86. The topological polar surface area (TPSA) is 30.5 Å². The highest BCUT2D eigenvalue weighted by atomic mass is 35.5. The monoisotopic (exact) mass is 321 g/mol. The molecule has 0 radical (unpaired) electrons. The average Bonchev–Trinajstić information content (AvgIpc) is 2.65. The normalized spacial score (nSPS) is 28.5. The van der Waals surface area contributed by atoms with Gasteiger partial charge in [-0.05, 0) is 37.8 Å². The molecule has 1 N–H and O–H groups in total. The van der Waals surface area contributed by atoms with Crippen LogP contribution in [0.25, 0.3) is 0 Å². The molecule has 0 saturated carbocycles. The van der Waals surface area contributed by atoms with Gasteiger partial charge in [0.05, 0.1) is 0 Å². The van der Waals surface area contributed by atoms with Gasteiger partial charge in [0.25, 0.3) is 0 Å². The van der Waals surface area contributed by atoms with Gasteiger partial charge in [0.1, 0.15) is 17.6 Å². The van der Waals surface area contributed by atoms with Gasteiger partial charge in [-0.15, -0.1) is 13.2 Å². The van der Waals surface area contributed by atoms with E-state index >= 15 is 0 Å². The quantitative estimate of drug-likeness (QED) is 0.916. The first-order valence-corrected chi connectivity index (χ1v) is 7.24. The minimum absolute atomic E-state index is 0.000883. The Hall–Kier alpha value is -1.14. The summed E-state index contributed by atoms with van der Waals surface area (Å²) in [4.78, 5) is 0. The summed E-state index contributed by atoms with van der Waals surface area (Å²) in [6.45, 7) is 0. The van der Waals surface area contributed by atoms with Gasteiger partial charge in [-0.1, -0.05) is 11.6 Å². The standard InChI is InChI=1S/C14H15ClF3NO2/c15-8-3-11(7-13(4-8)21-14(16,17)18)20-12-5-9-1-2-10(6-12)19-9/h3-4,7,9-10,12,19H,1-2,5-6H2/t9-,10+,12?. The predicted molar refractivity (Wildman–Crippen MR) is 71.7 cm³/mol. The van der Waals surface area contributed by atoms with Crippen LogP contribution in [0.3, 0.4) is 0 Å². The van der Waals surface area contributed by atoms with Crippen molar-refractivity contribution in [3.05, 3.63) is 23.2 Å². The average molecular weight is 322 g/mol. The molecule has 116 valence electrons. The number of piperidine rings is 1. The third-order valence-electron chi connectivity index (χ3n) is 3.81. The summed E-state index contributed by atoms with van der Waals surface area (Å²) in [7, 11) is 0. The zero-order chi connectivity index (χ0) is 15.0. The Kier molecular flexibility index (Phi) is 3.92. The van der Waals surface area contributed by atoms with Crippen molar-refractivity contribution >= 4 is 11.6 Å². The minimum Gasteiger partial charge on any atom is -0.490 e. The molecule has 2 heterocycles. The fourth-order valence-electron chi connectivity index (χ4n) is 3.09. The van der Waals surface area contributed by atoms with Gasteiger partial charge in [0.2, 0.25) is 0 Å². The Bertz CT molecular complexity index is 511. The number of alkyl halides is 3. The number of hydrogen-bond donors (Lipinski definition) is 1. The zero-order valence-electron chi connectivity index (χ0n) is 11.1. The van der Waals surface area contributed by atoms with Crippen LogP contribution in [0.15, 0.2) is 18.2 Å². The van der Waals surface area contributed by atoms with Crippen LogP contribution in [0, 0.1) is 0 Å².